The Morgan fingerprint density at radius 3 is 2.42 bits per heavy atom. The number of nitrogens with zero attached hydrogens (tertiary/aromatic N) is 1. The van der Waals surface area contributed by atoms with Crippen molar-refractivity contribution in [2.24, 2.45) is 0 Å². The van der Waals surface area contributed by atoms with Gasteiger partial charge in [-0.15, -0.1) is 0 Å². The minimum Gasteiger partial charge on any atom is -0.444 e. The number of piperidine rings is 1. The van der Waals surface area contributed by atoms with Crippen molar-refractivity contribution in [3.63, 3.8) is 0 Å². The first-order valence-electron chi connectivity index (χ1n) is 8.39. The summed E-state index contributed by atoms with van der Waals surface area (Å²) in [5.41, 5.74) is -0.600. The van der Waals surface area contributed by atoms with Crippen LogP contribution in [0.4, 0.5) is 4.79 Å². The number of ether oxygens (including phenoxy) is 1. The molecule has 1 aliphatic heterocycles. The summed E-state index contributed by atoms with van der Waals surface area (Å²) in [5, 5.41) is 0. The summed E-state index contributed by atoms with van der Waals surface area (Å²) in [6.45, 7) is 7.39. The first kappa shape index (κ1) is 18.8. The van der Waals surface area contributed by atoms with Gasteiger partial charge in [0.05, 0.1) is 10.6 Å². The molecule has 0 spiro atoms. The molecule has 2 rings (SSSR count). The average Bonchev–Trinajstić information content (AvgIpc) is 2.46. The lowest BCUT2D eigenvalue weighted by atomic mass is 9.98. The second-order valence-corrected chi connectivity index (χ2v) is 9.45. The fourth-order valence-corrected chi connectivity index (χ4v) is 4.67. The van der Waals surface area contributed by atoms with Crippen LogP contribution in [0.1, 0.15) is 47.0 Å². The number of hydrogen-bond acceptors (Lipinski definition) is 4. The van der Waals surface area contributed by atoms with E-state index in [-0.39, 0.29) is 17.8 Å². The van der Waals surface area contributed by atoms with E-state index in [1.807, 2.05) is 27.7 Å². The second-order valence-electron chi connectivity index (χ2n) is 7.42. The number of sulfone groups is 1. The van der Waals surface area contributed by atoms with Crippen LogP contribution in [0.2, 0.25) is 0 Å². The number of carbonyl (C=O) groups is 1. The Labute approximate surface area is 144 Å². The molecule has 1 heterocycles. The molecule has 134 valence electrons. The van der Waals surface area contributed by atoms with Crippen LogP contribution < -0.4 is 0 Å². The van der Waals surface area contributed by atoms with Gasteiger partial charge in [0.25, 0.3) is 0 Å². The molecule has 1 aliphatic rings. The summed E-state index contributed by atoms with van der Waals surface area (Å²) >= 11 is 0. The zero-order valence-corrected chi connectivity index (χ0v) is 15.7. The molecule has 0 aromatic heterocycles. The van der Waals surface area contributed by atoms with Gasteiger partial charge in [0.2, 0.25) is 0 Å². The van der Waals surface area contributed by atoms with Crippen LogP contribution in [0.15, 0.2) is 35.2 Å². The highest BCUT2D eigenvalue weighted by Crippen LogP contribution is 2.27. The number of likely N-dealkylation sites (tertiary alicyclic amines) is 1. The lowest BCUT2D eigenvalue weighted by molar-refractivity contribution is 0.000435. The van der Waals surface area contributed by atoms with Crippen LogP contribution in [0.3, 0.4) is 0 Å². The van der Waals surface area contributed by atoms with Crippen molar-refractivity contribution in [1.29, 1.82) is 0 Å². The third kappa shape index (κ3) is 4.72. The van der Waals surface area contributed by atoms with Crippen LogP contribution in [-0.4, -0.2) is 42.8 Å². The van der Waals surface area contributed by atoms with Gasteiger partial charge in [-0.3, -0.25) is 0 Å². The second kappa shape index (κ2) is 7.13. The number of benzene rings is 1. The van der Waals surface area contributed by atoms with Gasteiger partial charge in [-0.2, -0.15) is 0 Å². The number of hydrogen-bond donors (Lipinski definition) is 0. The molecule has 1 aromatic carbocycles. The van der Waals surface area contributed by atoms with Crippen molar-refractivity contribution < 1.29 is 17.9 Å². The van der Waals surface area contributed by atoms with Gasteiger partial charge < -0.3 is 9.64 Å². The molecule has 6 heteroatoms. The van der Waals surface area contributed by atoms with Gasteiger partial charge in [0.15, 0.2) is 9.84 Å². The predicted octanol–water partition coefficient (Wildman–Crippen LogP) is 3.64. The Morgan fingerprint density at radius 2 is 1.83 bits per heavy atom. The summed E-state index contributed by atoms with van der Waals surface area (Å²) in [6.07, 6.45) is 2.02. The van der Waals surface area contributed by atoms with E-state index >= 15 is 0 Å². The van der Waals surface area contributed by atoms with Crippen LogP contribution in [0.5, 0.6) is 0 Å². The SMILES string of the molecule is C[C@H]1CCC[C@H](CS(=O)(=O)c2ccccc2)N1C(=O)OC(C)(C)C. The Morgan fingerprint density at radius 1 is 1.21 bits per heavy atom. The van der Waals surface area contributed by atoms with Crippen molar-refractivity contribution in [3.8, 4) is 0 Å². The fourth-order valence-electron chi connectivity index (χ4n) is 3.07. The molecule has 0 aliphatic carbocycles. The Kier molecular flexibility index (Phi) is 5.58. The Bertz CT molecular complexity index is 664. The molecule has 1 fully saturated rings. The van der Waals surface area contributed by atoms with E-state index in [0.29, 0.717) is 11.3 Å². The van der Waals surface area contributed by atoms with E-state index in [1.165, 1.54) is 0 Å². The van der Waals surface area contributed by atoms with Crippen molar-refractivity contribution in [2.75, 3.05) is 5.75 Å². The van der Waals surface area contributed by atoms with E-state index in [0.717, 1.165) is 12.8 Å². The molecule has 0 radical (unpaired) electrons. The van der Waals surface area contributed by atoms with Crippen molar-refractivity contribution >= 4 is 15.9 Å². The third-order valence-electron chi connectivity index (χ3n) is 4.15. The summed E-state index contributed by atoms with van der Waals surface area (Å²) in [7, 11) is -3.44. The zero-order valence-electron chi connectivity index (χ0n) is 14.9. The molecule has 24 heavy (non-hydrogen) atoms. The van der Waals surface area contributed by atoms with Crippen LogP contribution in [0.25, 0.3) is 0 Å². The summed E-state index contributed by atoms with van der Waals surface area (Å²) in [4.78, 5) is 14.5. The van der Waals surface area contributed by atoms with Crippen LogP contribution >= 0.6 is 0 Å². The largest absolute Gasteiger partial charge is 0.444 e. The molecule has 0 saturated carbocycles. The molecule has 0 N–H and O–H groups in total. The van der Waals surface area contributed by atoms with Gasteiger partial charge in [-0.25, -0.2) is 13.2 Å². The molecule has 1 saturated heterocycles. The average molecular weight is 353 g/mol. The molecule has 5 nitrogen and oxygen atoms in total. The van der Waals surface area contributed by atoms with E-state index in [9.17, 15) is 13.2 Å². The Hall–Kier alpha value is -1.56. The predicted molar refractivity (Wildman–Crippen MR) is 93.7 cm³/mol. The topological polar surface area (TPSA) is 63.7 Å². The highest BCUT2D eigenvalue weighted by Gasteiger charge is 2.37. The van der Waals surface area contributed by atoms with E-state index in [1.54, 1.807) is 35.2 Å². The maximum absolute atomic E-state index is 12.7. The van der Waals surface area contributed by atoms with E-state index < -0.39 is 21.5 Å². The first-order chi connectivity index (χ1) is 11.1. The van der Waals surface area contributed by atoms with Crippen molar-refractivity contribution in [1.82, 2.24) is 4.90 Å². The van der Waals surface area contributed by atoms with Gasteiger partial charge in [0.1, 0.15) is 5.60 Å². The number of amides is 1. The first-order valence-corrected chi connectivity index (χ1v) is 10.0. The minimum atomic E-state index is -3.44. The lowest BCUT2D eigenvalue weighted by Gasteiger charge is -2.41. The van der Waals surface area contributed by atoms with Gasteiger partial charge in [-0.05, 0) is 59.1 Å². The van der Waals surface area contributed by atoms with Gasteiger partial charge >= 0.3 is 6.09 Å². The molecule has 1 amide bonds. The molecule has 0 bridgehead atoms. The van der Waals surface area contributed by atoms with Crippen LogP contribution in [0, 0.1) is 0 Å². The highest BCUT2D eigenvalue weighted by molar-refractivity contribution is 7.91. The zero-order chi connectivity index (χ0) is 18.0. The Balaban J connectivity index is 2.21. The van der Waals surface area contributed by atoms with E-state index in [4.69, 9.17) is 4.74 Å². The number of carbonyl (C=O) groups excluding carboxylic acids is 1. The summed E-state index contributed by atoms with van der Waals surface area (Å²) in [5.74, 6) is -0.0689. The minimum absolute atomic E-state index is 0.0235. The fraction of sp³-hybridized carbons (Fsp3) is 0.611. The molecule has 1 aromatic rings. The van der Waals surface area contributed by atoms with Crippen molar-refractivity contribution in [2.45, 2.75) is 69.5 Å². The van der Waals surface area contributed by atoms with Crippen molar-refractivity contribution in [3.05, 3.63) is 30.3 Å². The van der Waals surface area contributed by atoms with Crippen LogP contribution in [-0.2, 0) is 14.6 Å². The quantitative estimate of drug-likeness (QED) is 0.832. The van der Waals surface area contributed by atoms with Gasteiger partial charge in [-0.1, -0.05) is 18.2 Å². The molecule has 2 atom stereocenters. The maximum atomic E-state index is 12.7. The molecule has 0 unspecified atom stereocenters. The summed E-state index contributed by atoms with van der Waals surface area (Å²) in [6, 6.07) is 8.02. The smallest absolute Gasteiger partial charge is 0.410 e. The lowest BCUT2D eigenvalue weighted by Crippen LogP contribution is -2.52. The third-order valence-corrected chi connectivity index (χ3v) is 5.96. The monoisotopic (exact) mass is 353 g/mol. The van der Waals surface area contributed by atoms with E-state index in [2.05, 4.69) is 0 Å². The molecular weight excluding hydrogens is 326 g/mol. The maximum Gasteiger partial charge on any atom is 0.410 e. The normalized spacial score (nSPS) is 22.2. The summed E-state index contributed by atoms with van der Waals surface area (Å²) < 4.78 is 30.9. The molecular formula is C18H27NO4S. The standard InChI is InChI=1S/C18H27NO4S/c1-14-9-8-10-15(19(14)17(20)23-18(2,3)4)13-24(21,22)16-11-6-5-7-12-16/h5-7,11-12,14-15H,8-10,13H2,1-4H3/t14-,15+/m0/s1. The number of rotatable bonds is 3. The van der Waals surface area contributed by atoms with Gasteiger partial charge in [0, 0.05) is 12.1 Å². The highest BCUT2D eigenvalue weighted by atomic mass is 32.2.